The predicted octanol–water partition coefficient (Wildman–Crippen LogP) is 2.90. The number of hydrogen-bond donors (Lipinski definition) is 1. The summed E-state index contributed by atoms with van der Waals surface area (Å²) in [5.74, 6) is 1.30. The van der Waals surface area contributed by atoms with Gasteiger partial charge in [0.05, 0.1) is 0 Å². The van der Waals surface area contributed by atoms with Gasteiger partial charge in [0.25, 0.3) is 0 Å². The summed E-state index contributed by atoms with van der Waals surface area (Å²) >= 11 is 1.95. The third-order valence-corrected chi connectivity index (χ3v) is 3.96. The average molecular weight is 230 g/mol. The van der Waals surface area contributed by atoms with Crippen molar-refractivity contribution in [3.8, 4) is 0 Å². The molecule has 1 aliphatic rings. The zero-order valence-electron chi connectivity index (χ0n) is 10.5. The summed E-state index contributed by atoms with van der Waals surface area (Å²) in [6.45, 7) is 5.82. The van der Waals surface area contributed by atoms with Crippen molar-refractivity contribution in [2.75, 3.05) is 18.6 Å². The highest BCUT2D eigenvalue weighted by Gasteiger charge is 2.23. The van der Waals surface area contributed by atoms with Crippen molar-refractivity contribution in [3.05, 3.63) is 0 Å². The van der Waals surface area contributed by atoms with Gasteiger partial charge in [0.1, 0.15) is 0 Å². The first kappa shape index (κ1) is 13.3. The number of thioether (sulfide) groups is 1. The van der Waals surface area contributed by atoms with E-state index in [2.05, 4.69) is 30.5 Å². The maximum atomic E-state index is 3.60. The molecule has 0 spiro atoms. The second-order valence-corrected chi connectivity index (χ2v) is 5.63. The molecule has 1 heterocycles. The molecule has 3 heteroatoms. The van der Waals surface area contributed by atoms with Gasteiger partial charge in [0, 0.05) is 18.6 Å². The minimum absolute atomic E-state index is 0.717. The van der Waals surface area contributed by atoms with Gasteiger partial charge in [0.15, 0.2) is 0 Å². The van der Waals surface area contributed by atoms with Crippen LogP contribution < -0.4 is 5.43 Å². The van der Waals surface area contributed by atoms with E-state index in [0.29, 0.717) is 12.1 Å². The molecular formula is C12H26N2S. The number of nitrogens with zero attached hydrogens (tertiary/aromatic N) is 1. The van der Waals surface area contributed by atoms with Gasteiger partial charge in [-0.3, -0.25) is 5.43 Å². The Morgan fingerprint density at radius 1 is 1.20 bits per heavy atom. The first-order valence-corrected chi connectivity index (χ1v) is 7.66. The highest BCUT2D eigenvalue weighted by molar-refractivity contribution is 7.98. The molecule has 0 bridgehead atoms. The van der Waals surface area contributed by atoms with Gasteiger partial charge in [-0.25, -0.2) is 5.01 Å². The Labute approximate surface area is 99.2 Å². The molecule has 1 fully saturated rings. The molecule has 1 N–H and O–H groups in total. The molecule has 0 radical (unpaired) electrons. The molecule has 0 aliphatic carbocycles. The van der Waals surface area contributed by atoms with E-state index >= 15 is 0 Å². The Kier molecular flexibility index (Phi) is 6.69. The van der Waals surface area contributed by atoms with Gasteiger partial charge in [-0.1, -0.05) is 6.42 Å². The fourth-order valence-corrected chi connectivity index (χ4v) is 2.81. The molecule has 0 aromatic heterocycles. The Bertz CT molecular complexity index is 154. The van der Waals surface area contributed by atoms with Crippen LogP contribution in [0.3, 0.4) is 0 Å². The van der Waals surface area contributed by atoms with Gasteiger partial charge in [-0.05, 0) is 51.5 Å². The molecule has 15 heavy (non-hydrogen) atoms. The highest BCUT2D eigenvalue weighted by atomic mass is 32.2. The molecule has 0 amide bonds. The third-order valence-electron chi connectivity index (χ3n) is 3.26. The Hall–Kier alpha value is 0.270. The maximum absolute atomic E-state index is 3.60. The zero-order chi connectivity index (χ0) is 11.1. The van der Waals surface area contributed by atoms with Gasteiger partial charge in [-0.15, -0.1) is 0 Å². The molecule has 1 saturated heterocycles. The molecule has 2 unspecified atom stereocenters. The first-order valence-electron chi connectivity index (χ1n) is 6.26. The monoisotopic (exact) mass is 230 g/mol. The van der Waals surface area contributed by atoms with E-state index in [1.54, 1.807) is 0 Å². The smallest absolute Gasteiger partial charge is 0.0218 e. The van der Waals surface area contributed by atoms with E-state index in [1.165, 1.54) is 37.9 Å². The topological polar surface area (TPSA) is 15.3 Å². The number of rotatable bonds is 6. The van der Waals surface area contributed by atoms with Crippen molar-refractivity contribution >= 4 is 11.8 Å². The largest absolute Gasteiger partial charge is 0.255 e. The minimum Gasteiger partial charge on any atom is -0.255 e. The summed E-state index contributed by atoms with van der Waals surface area (Å²) in [7, 11) is 0. The summed E-state index contributed by atoms with van der Waals surface area (Å²) < 4.78 is 0. The fraction of sp³-hybridized carbons (Fsp3) is 1.00. The lowest BCUT2D eigenvalue weighted by Gasteiger charge is -2.39. The van der Waals surface area contributed by atoms with Crippen molar-refractivity contribution in [2.45, 2.75) is 58.0 Å². The number of hydrazine groups is 1. The second-order valence-electron chi connectivity index (χ2n) is 4.64. The number of piperidine rings is 1. The second kappa shape index (κ2) is 7.53. The fourth-order valence-electron chi connectivity index (χ4n) is 2.31. The van der Waals surface area contributed by atoms with Crippen LogP contribution in [0.25, 0.3) is 0 Å². The van der Waals surface area contributed by atoms with Crippen molar-refractivity contribution < 1.29 is 0 Å². The quantitative estimate of drug-likeness (QED) is 0.706. The van der Waals surface area contributed by atoms with E-state index in [4.69, 9.17) is 0 Å². The van der Waals surface area contributed by atoms with Crippen molar-refractivity contribution in [1.29, 1.82) is 0 Å². The molecule has 0 aromatic carbocycles. The molecule has 2 nitrogen and oxygen atoms in total. The van der Waals surface area contributed by atoms with E-state index in [9.17, 15) is 0 Å². The van der Waals surface area contributed by atoms with Crippen LogP contribution in [-0.2, 0) is 0 Å². The lowest BCUT2D eigenvalue weighted by atomic mass is 10.00. The van der Waals surface area contributed by atoms with Crippen LogP contribution in [0.2, 0.25) is 0 Å². The molecule has 1 aliphatic heterocycles. The maximum Gasteiger partial charge on any atom is 0.0218 e. The molecule has 0 saturated carbocycles. The van der Waals surface area contributed by atoms with Crippen LogP contribution in [-0.4, -0.2) is 35.6 Å². The lowest BCUT2D eigenvalue weighted by molar-refractivity contribution is 0.0461. The Morgan fingerprint density at radius 3 is 2.47 bits per heavy atom. The van der Waals surface area contributed by atoms with Crippen molar-refractivity contribution in [2.24, 2.45) is 0 Å². The van der Waals surface area contributed by atoms with Gasteiger partial charge in [0.2, 0.25) is 0 Å². The third kappa shape index (κ3) is 4.75. The van der Waals surface area contributed by atoms with Gasteiger partial charge in [-0.2, -0.15) is 11.8 Å². The van der Waals surface area contributed by atoms with Crippen LogP contribution in [0, 0.1) is 0 Å². The number of unbranched alkanes of at least 4 members (excludes halogenated alkanes) is 1. The predicted molar refractivity (Wildman–Crippen MR) is 70.2 cm³/mol. The molecule has 90 valence electrons. The first-order chi connectivity index (χ1) is 7.25. The van der Waals surface area contributed by atoms with E-state index in [1.807, 2.05) is 11.8 Å². The van der Waals surface area contributed by atoms with E-state index in [0.717, 1.165) is 6.54 Å². The number of nitrogens with one attached hydrogen (secondary N) is 1. The van der Waals surface area contributed by atoms with Crippen LogP contribution >= 0.6 is 11.8 Å². The summed E-state index contributed by atoms with van der Waals surface area (Å²) in [5.41, 5.74) is 3.60. The summed E-state index contributed by atoms with van der Waals surface area (Å²) in [4.78, 5) is 0. The lowest BCUT2D eigenvalue weighted by Crippen LogP contribution is -2.52. The summed E-state index contributed by atoms with van der Waals surface area (Å²) in [6, 6.07) is 1.43. The summed E-state index contributed by atoms with van der Waals surface area (Å²) in [5, 5.41) is 2.47. The van der Waals surface area contributed by atoms with Gasteiger partial charge >= 0.3 is 0 Å². The number of hydrogen-bond acceptors (Lipinski definition) is 3. The van der Waals surface area contributed by atoms with E-state index < -0.39 is 0 Å². The molecular weight excluding hydrogens is 204 g/mol. The van der Waals surface area contributed by atoms with Crippen LogP contribution in [0.4, 0.5) is 0 Å². The summed E-state index contributed by atoms with van der Waals surface area (Å²) in [6.07, 6.45) is 8.92. The molecule has 2 atom stereocenters. The van der Waals surface area contributed by atoms with E-state index in [-0.39, 0.29) is 0 Å². The zero-order valence-corrected chi connectivity index (χ0v) is 11.3. The normalized spacial score (nSPS) is 28.2. The minimum atomic E-state index is 0.717. The van der Waals surface area contributed by atoms with Crippen molar-refractivity contribution in [3.63, 3.8) is 0 Å². The average Bonchev–Trinajstić information content (AvgIpc) is 2.21. The van der Waals surface area contributed by atoms with Crippen LogP contribution in [0.5, 0.6) is 0 Å². The molecule has 1 rings (SSSR count). The van der Waals surface area contributed by atoms with Crippen LogP contribution in [0.15, 0.2) is 0 Å². The molecule has 0 aromatic rings. The van der Waals surface area contributed by atoms with Crippen molar-refractivity contribution in [1.82, 2.24) is 10.4 Å². The Morgan fingerprint density at radius 2 is 1.87 bits per heavy atom. The highest BCUT2D eigenvalue weighted by Crippen LogP contribution is 2.20. The standard InChI is InChI=1S/C12H26N2S/c1-11-7-6-8-12(2)14(11)13-9-4-5-10-15-3/h11-13H,4-10H2,1-3H3. The van der Waals surface area contributed by atoms with Gasteiger partial charge < -0.3 is 0 Å². The SMILES string of the molecule is CSCCCCNN1C(C)CCCC1C. The Balaban J connectivity index is 2.12. The van der Waals surface area contributed by atoms with Crippen LogP contribution in [0.1, 0.15) is 46.0 Å².